The van der Waals surface area contributed by atoms with E-state index < -0.39 is 36.6 Å². The van der Waals surface area contributed by atoms with Gasteiger partial charge in [-0.1, -0.05) is 6.92 Å². The summed E-state index contributed by atoms with van der Waals surface area (Å²) in [6, 6.07) is -0.843. The van der Waals surface area contributed by atoms with Gasteiger partial charge in [-0.05, 0) is 0 Å². The Morgan fingerprint density at radius 1 is 1.61 bits per heavy atom. The Morgan fingerprint density at radius 3 is 2.72 bits per heavy atom. The summed E-state index contributed by atoms with van der Waals surface area (Å²) >= 11 is 0. The monoisotopic (exact) mass is 258 g/mol. The standard InChI is InChI=1S/C10H18N4O4/c1-4-5(2-15)18-10(7(4)16)14-3-13-6(8(14)11)9(12)17/h3-8,10,15-16H,2,11H2,1H3,(H2,12,17)/t4-,5-,6?,7-,8?,10?/m1/s1. The number of rotatable bonds is 3. The number of carbonyl (C=O) groups excluding carboxylic acids is 1. The second-order valence-corrected chi connectivity index (χ2v) is 4.65. The molecule has 3 unspecified atom stereocenters. The molecule has 2 heterocycles. The lowest BCUT2D eigenvalue weighted by molar-refractivity contribution is -0.121. The lowest BCUT2D eigenvalue weighted by Crippen LogP contribution is -2.55. The molecule has 2 rings (SSSR count). The number of aliphatic imine (C=N–C) groups is 1. The minimum atomic E-state index is -0.843. The number of nitrogens with zero attached hydrogens (tertiary/aromatic N) is 2. The smallest absolute Gasteiger partial charge is 0.245 e. The average molecular weight is 258 g/mol. The molecule has 0 aromatic carbocycles. The molecule has 18 heavy (non-hydrogen) atoms. The van der Waals surface area contributed by atoms with Crippen LogP contribution in [0, 0.1) is 5.92 Å². The van der Waals surface area contributed by atoms with Crippen LogP contribution in [0.3, 0.4) is 0 Å². The number of aliphatic hydroxyl groups excluding tert-OH is 2. The first kappa shape index (κ1) is 13.2. The van der Waals surface area contributed by atoms with Crippen LogP contribution in [0.1, 0.15) is 6.92 Å². The molecule has 8 heteroatoms. The number of aliphatic hydroxyl groups is 2. The molecule has 2 aliphatic rings. The number of carbonyl (C=O) groups is 1. The molecule has 0 radical (unpaired) electrons. The Bertz CT molecular complexity index is 364. The van der Waals surface area contributed by atoms with Crippen molar-refractivity contribution in [3.05, 3.63) is 0 Å². The summed E-state index contributed by atoms with van der Waals surface area (Å²) in [5.41, 5.74) is 11.0. The van der Waals surface area contributed by atoms with Crippen molar-refractivity contribution in [1.82, 2.24) is 4.90 Å². The Morgan fingerprint density at radius 2 is 2.28 bits per heavy atom. The van der Waals surface area contributed by atoms with E-state index in [9.17, 15) is 9.90 Å². The number of hydrogen-bond acceptors (Lipinski definition) is 7. The van der Waals surface area contributed by atoms with Crippen molar-refractivity contribution in [3.8, 4) is 0 Å². The summed E-state index contributed by atoms with van der Waals surface area (Å²) in [5.74, 6) is -0.853. The molecule has 0 spiro atoms. The van der Waals surface area contributed by atoms with Crippen LogP contribution < -0.4 is 11.5 Å². The SMILES string of the molecule is C[C@@H]1[C@@H](CO)OC(N2C=NC(C(N)=O)C2N)[C@@H]1O. The molecule has 1 amide bonds. The maximum atomic E-state index is 11.1. The molecule has 0 saturated carbocycles. The van der Waals surface area contributed by atoms with E-state index in [0.717, 1.165) is 0 Å². The predicted octanol–water partition coefficient (Wildman–Crippen LogP) is -2.82. The fraction of sp³-hybridized carbons (Fsp3) is 0.800. The Kier molecular flexibility index (Phi) is 3.53. The van der Waals surface area contributed by atoms with Gasteiger partial charge in [-0.2, -0.15) is 0 Å². The highest BCUT2D eigenvalue weighted by Crippen LogP contribution is 2.30. The summed E-state index contributed by atoms with van der Waals surface area (Å²) in [6.07, 6.45) is -1.39. The maximum Gasteiger partial charge on any atom is 0.245 e. The van der Waals surface area contributed by atoms with Crippen molar-refractivity contribution in [2.24, 2.45) is 22.4 Å². The topological polar surface area (TPSA) is 134 Å². The molecule has 8 nitrogen and oxygen atoms in total. The fourth-order valence-corrected chi connectivity index (χ4v) is 2.27. The molecule has 0 bridgehead atoms. The molecule has 0 aliphatic carbocycles. The number of hydrogen-bond donors (Lipinski definition) is 4. The molecule has 1 saturated heterocycles. The van der Waals surface area contributed by atoms with Crippen molar-refractivity contribution in [2.75, 3.05) is 6.61 Å². The van der Waals surface area contributed by atoms with Crippen LogP contribution in [0.25, 0.3) is 0 Å². The molecule has 6 atom stereocenters. The summed E-state index contributed by atoms with van der Waals surface area (Å²) in [5, 5.41) is 19.2. The normalized spacial score (nSPS) is 43.7. The van der Waals surface area contributed by atoms with Crippen LogP contribution in [0.5, 0.6) is 0 Å². The zero-order chi connectivity index (χ0) is 13.4. The summed E-state index contributed by atoms with van der Waals surface area (Å²) < 4.78 is 5.52. The lowest BCUT2D eigenvalue weighted by atomic mass is 10.0. The van der Waals surface area contributed by atoms with E-state index in [1.54, 1.807) is 6.92 Å². The van der Waals surface area contributed by atoms with Gasteiger partial charge in [0, 0.05) is 5.92 Å². The lowest BCUT2D eigenvalue weighted by Gasteiger charge is -2.30. The molecular formula is C10H18N4O4. The first-order valence-corrected chi connectivity index (χ1v) is 5.77. The van der Waals surface area contributed by atoms with Crippen molar-refractivity contribution < 1.29 is 19.7 Å². The van der Waals surface area contributed by atoms with Crippen molar-refractivity contribution in [2.45, 2.75) is 37.6 Å². The van der Waals surface area contributed by atoms with Crippen LogP contribution in [0.4, 0.5) is 0 Å². The van der Waals surface area contributed by atoms with E-state index in [-0.39, 0.29) is 12.5 Å². The highest BCUT2D eigenvalue weighted by atomic mass is 16.5. The van der Waals surface area contributed by atoms with E-state index in [1.807, 2.05) is 0 Å². The molecule has 102 valence electrons. The second kappa shape index (κ2) is 4.81. The van der Waals surface area contributed by atoms with Crippen molar-refractivity contribution in [1.29, 1.82) is 0 Å². The van der Waals surface area contributed by atoms with Gasteiger partial charge in [0.25, 0.3) is 0 Å². The van der Waals surface area contributed by atoms with Crippen LogP contribution in [-0.2, 0) is 9.53 Å². The first-order chi connectivity index (χ1) is 8.47. The highest BCUT2D eigenvalue weighted by molar-refractivity contribution is 5.84. The van der Waals surface area contributed by atoms with Gasteiger partial charge in [-0.15, -0.1) is 0 Å². The predicted molar refractivity (Wildman–Crippen MR) is 62.2 cm³/mol. The second-order valence-electron chi connectivity index (χ2n) is 4.65. The fourth-order valence-electron chi connectivity index (χ4n) is 2.27. The van der Waals surface area contributed by atoms with E-state index >= 15 is 0 Å². The third-order valence-corrected chi connectivity index (χ3v) is 3.53. The average Bonchev–Trinajstić information content (AvgIpc) is 2.82. The van der Waals surface area contributed by atoms with Gasteiger partial charge in [0.05, 0.1) is 19.0 Å². The number of primary amides is 1. The quantitative estimate of drug-likeness (QED) is 0.431. The van der Waals surface area contributed by atoms with Gasteiger partial charge in [0.2, 0.25) is 5.91 Å². The van der Waals surface area contributed by atoms with E-state index in [4.69, 9.17) is 21.3 Å². The Labute approximate surface area is 104 Å². The van der Waals surface area contributed by atoms with E-state index in [2.05, 4.69) is 4.99 Å². The third kappa shape index (κ3) is 1.97. The number of nitrogens with two attached hydrogens (primary N) is 2. The van der Waals surface area contributed by atoms with Gasteiger partial charge >= 0.3 is 0 Å². The van der Waals surface area contributed by atoms with Crippen molar-refractivity contribution >= 4 is 12.2 Å². The van der Waals surface area contributed by atoms with Gasteiger partial charge < -0.3 is 31.3 Å². The van der Waals surface area contributed by atoms with Gasteiger partial charge in [0.1, 0.15) is 12.3 Å². The zero-order valence-corrected chi connectivity index (χ0v) is 10.0. The van der Waals surface area contributed by atoms with Crippen molar-refractivity contribution in [3.63, 3.8) is 0 Å². The van der Waals surface area contributed by atoms with Crippen LogP contribution in [-0.4, -0.2) is 64.6 Å². The van der Waals surface area contributed by atoms with Crippen LogP contribution in [0.15, 0.2) is 4.99 Å². The number of amides is 1. The van der Waals surface area contributed by atoms with E-state index in [0.29, 0.717) is 0 Å². The van der Waals surface area contributed by atoms with Gasteiger partial charge in [0.15, 0.2) is 12.3 Å². The maximum absolute atomic E-state index is 11.1. The van der Waals surface area contributed by atoms with Crippen LogP contribution in [0.2, 0.25) is 0 Å². The molecular weight excluding hydrogens is 240 g/mol. The molecule has 6 N–H and O–H groups in total. The minimum absolute atomic E-state index is 0.186. The Hall–Kier alpha value is -1.22. The summed E-state index contributed by atoms with van der Waals surface area (Å²) in [6.45, 7) is 1.59. The Balaban J connectivity index is 2.10. The van der Waals surface area contributed by atoms with Gasteiger partial charge in [-0.3, -0.25) is 9.79 Å². The number of ether oxygens (including phenoxy) is 1. The summed E-state index contributed by atoms with van der Waals surface area (Å²) in [7, 11) is 0. The summed E-state index contributed by atoms with van der Waals surface area (Å²) in [4.78, 5) is 16.5. The molecule has 2 aliphatic heterocycles. The molecule has 1 fully saturated rings. The van der Waals surface area contributed by atoms with Crippen LogP contribution >= 0.6 is 0 Å². The highest BCUT2D eigenvalue weighted by Gasteiger charge is 2.47. The molecule has 0 aromatic rings. The largest absolute Gasteiger partial charge is 0.394 e. The molecule has 0 aromatic heterocycles. The van der Waals surface area contributed by atoms with Gasteiger partial charge in [-0.25, -0.2) is 0 Å². The zero-order valence-electron chi connectivity index (χ0n) is 10.0. The van der Waals surface area contributed by atoms with E-state index in [1.165, 1.54) is 11.2 Å². The first-order valence-electron chi connectivity index (χ1n) is 5.77. The minimum Gasteiger partial charge on any atom is -0.394 e. The third-order valence-electron chi connectivity index (χ3n) is 3.53.